The molecule has 0 fully saturated rings. The van der Waals surface area contributed by atoms with Gasteiger partial charge in [-0.05, 0) is 48.7 Å². The number of halogens is 1. The van der Waals surface area contributed by atoms with Crippen LogP contribution < -0.4 is 16.0 Å². The number of ketones is 1. The molecule has 0 saturated carbocycles. The largest absolute Gasteiger partial charge is 0.365 e. The quantitative estimate of drug-likeness (QED) is 0.600. The Morgan fingerprint density at radius 3 is 2.91 bits per heavy atom. The number of amides is 1. The van der Waals surface area contributed by atoms with Gasteiger partial charge in [0.1, 0.15) is 5.82 Å². The number of aryl methyl sites for hydroxylation is 1. The maximum Gasteiger partial charge on any atom is 0.261 e. The number of pyridine rings is 1. The fourth-order valence-corrected chi connectivity index (χ4v) is 5.17. The number of carbonyl (C=O) groups excluding carboxylic acids is 2. The van der Waals surface area contributed by atoms with E-state index in [0.29, 0.717) is 24.3 Å². The molecule has 32 heavy (non-hydrogen) atoms. The van der Waals surface area contributed by atoms with Crippen LogP contribution in [0.2, 0.25) is 0 Å². The number of fused-ring (bicyclic) bond motifs is 1. The van der Waals surface area contributed by atoms with E-state index >= 15 is 0 Å². The van der Waals surface area contributed by atoms with E-state index in [1.165, 1.54) is 23.5 Å². The van der Waals surface area contributed by atoms with Crippen LogP contribution >= 0.6 is 11.3 Å². The van der Waals surface area contributed by atoms with Crippen molar-refractivity contribution in [1.29, 1.82) is 0 Å². The minimum atomic E-state index is -0.310. The van der Waals surface area contributed by atoms with Gasteiger partial charge in [-0.2, -0.15) is 0 Å². The standard InChI is InChI=1S/C24H25FN4O2S/c1-14-8-21(19-6-7-27-20-11-18(30)13-29(2)22(19)20)32-23(14)24(31)28-17(12-26)10-15-4-3-5-16(25)9-15/h3-9,17H,10-13,26H2,1-2H3,(H,28,31)/t17-/m0/s1. The van der Waals surface area contributed by atoms with Crippen molar-refractivity contribution in [3.8, 4) is 10.4 Å². The van der Waals surface area contributed by atoms with Gasteiger partial charge in [0.15, 0.2) is 5.78 Å². The fourth-order valence-electron chi connectivity index (χ4n) is 4.07. The third kappa shape index (κ3) is 4.56. The summed E-state index contributed by atoms with van der Waals surface area (Å²) in [6.45, 7) is 2.50. The van der Waals surface area contributed by atoms with E-state index in [2.05, 4.69) is 10.3 Å². The van der Waals surface area contributed by atoms with Crippen LogP contribution in [0.3, 0.4) is 0 Å². The second kappa shape index (κ2) is 9.18. The smallest absolute Gasteiger partial charge is 0.261 e. The zero-order chi connectivity index (χ0) is 22.8. The van der Waals surface area contributed by atoms with Crippen molar-refractivity contribution in [2.24, 2.45) is 5.73 Å². The summed E-state index contributed by atoms with van der Waals surface area (Å²) in [6, 6.07) is 9.92. The molecule has 0 radical (unpaired) electrons. The fraction of sp³-hybridized carbons (Fsp3) is 0.292. The van der Waals surface area contributed by atoms with Crippen LogP contribution in [0.4, 0.5) is 10.1 Å². The average molecular weight is 453 g/mol. The molecule has 6 nitrogen and oxygen atoms in total. The van der Waals surface area contributed by atoms with Crippen molar-refractivity contribution in [1.82, 2.24) is 10.3 Å². The number of likely N-dealkylation sites (N-methyl/N-ethyl adjacent to an activating group) is 1. The highest BCUT2D eigenvalue weighted by atomic mass is 32.1. The summed E-state index contributed by atoms with van der Waals surface area (Å²) in [7, 11) is 1.88. The van der Waals surface area contributed by atoms with Gasteiger partial charge in [0.2, 0.25) is 0 Å². The number of aromatic nitrogens is 1. The van der Waals surface area contributed by atoms with Crippen molar-refractivity contribution in [2.75, 3.05) is 25.0 Å². The number of carbonyl (C=O) groups is 2. The van der Waals surface area contributed by atoms with E-state index in [1.54, 1.807) is 12.3 Å². The first-order chi connectivity index (χ1) is 15.4. The molecule has 1 amide bonds. The number of hydrogen-bond acceptors (Lipinski definition) is 6. The maximum absolute atomic E-state index is 13.5. The number of nitrogens with one attached hydrogen (secondary N) is 1. The third-order valence-corrected chi connectivity index (χ3v) is 6.81. The minimum absolute atomic E-state index is 0.137. The SMILES string of the molecule is Cc1cc(-c2ccnc3c2N(C)CC(=O)C3)sc1C(=O)N[C@H](CN)Cc1cccc(F)c1. The molecule has 8 heteroatoms. The summed E-state index contributed by atoms with van der Waals surface area (Å²) in [5.41, 5.74) is 10.2. The molecule has 0 saturated heterocycles. The summed E-state index contributed by atoms with van der Waals surface area (Å²) >= 11 is 1.41. The highest BCUT2D eigenvalue weighted by molar-refractivity contribution is 7.17. The first kappa shape index (κ1) is 22.1. The number of thiophene rings is 1. The van der Waals surface area contributed by atoms with Crippen molar-refractivity contribution >= 4 is 28.7 Å². The molecule has 166 valence electrons. The predicted octanol–water partition coefficient (Wildman–Crippen LogP) is 3.12. The molecule has 1 aromatic carbocycles. The number of nitrogens with two attached hydrogens (primary N) is 1. The zero-order valence-electron chi connectivity index (χ0n) is 18.0. The van der Waals surface area contributed by atoms with Crippen molar-refractivity contribution in [3.63, 3.8) is 0 Å². The normalized spacial score (nSPS) is 14.2. The molecule has 0 aliphatic carbocycles. The molecule has 3 aromatic rings. The molecule has 1 aliphatic rings. The molecule has 3 N–H and O–H groups in total. The van der Waals surface area contributed by atoms with E-state index in [4.69, 9.17) is 5.73 Å². The van der Waals surface area contributed by atoms with Crippen LogP contribution in [-0.2, 0) is 17.6 Å². The summed E-state index contributed by atoms with van der Waals surface area (Å²) in [5, 5.41) is 2.99. The molecule has 1 aliphatic heterocycles. The van der Waals surface area contributed by atoms with Crippen LogP contribution in [0.15, 0.2) is 42.6 Å². The van der Waals surface area contributed by atoms with Crippen LogP contribution in [0.1, 0.15) is 26.5 Å². The lowest BCUT2D eigenvalue weighted by Crippen LogP contribution is -2.41. The Morgan fingerprint density at radius 2 is 2.16 bits per heavy atom. The van der Waals surface area contributed by atoms with Crippen molar-refractivity contribution in [2.45, 2.75) is 25.8 Å². The van der Waals surface area contributed by atoms with Gasteiger partial charge in [0.25, 0.3) is 5.91 Å². The highest BCUT2D eigenvalue weighted by Gasteiger charge is 2.26. The van der Waals surface area contributed by atoms with Gasteiger partial charge in [-0.25, -0.2) is 4.39 Å². The Balaban J connectivity index is 1.57. The number of rotatable bonds is 6. The van der Waals surface area contributed by atoms with Crippen LogP contribution in [-0.4, -0.2) is 42.9 Å². The van der Waals surface area contributed by atoms with Gasteiger partial charge in [0, 0.05) is 36.3 Å². The number of hydrogen-bond donors (Lipinski definition) is 2. The Morgan fingerprint density at radius 1 is 1.34 bits per heavy atom. The van der Waals surface area contributed by atoms with Crippen LogP contribution in [0.25, 0.3) is 10.4 Å². The van der Waals surface area contributed by atoms with Gasteiger partial charge in [-0.3, -0.25) is 14.6 Å². The molecule has 3 heterocycles. The van der Waals surface area contributed by atoms with Gasteiger partial charge in [-0.1, -0.05) is 12.1 Å². The number of nitrogens with zero attached hydrogens (tertiary/aromatic N) is 2. The second-order valence-corrected chi connectivity index (χ2v) is 9.14. The molecular formula is C24H25FN4O2S. The summed E-state index contributed by atoms with van der Waals surface area (Å²) < 4.78 is 13.5. The molecule has 0 bridgehead atoms. The van der Waals surface area contributed by atoms with E-state index in [9.17, 15) is 14.0 Å². The lowest BCUT2D eigenvalue weighted by atomic mass is 10.0. The number of benzene rings is 1. The first-order valence-corrected chi connectivity index (χ1v) is 11.2. The molecule has 0 spiro atoms. The van der Waals surface area contributed by atoms with E-state index < -0.39 is 0 Å². The van der Waals surface area contributed by atoms with Gasteiger partial charge < -0.3 is 16.0 Å². The minimum Gasteiger partial charge on any atom is -0.365 e. The summed E-state index contributed by atoms with van der Waals surface area (Å²) in [5.74, 6) is -0.369. The number of Topliss-reactive ketones (excluding diaryl/α,β-unsaturated/α-hetero) is 1. The van der Waals surface area contributed by atoms with Crippen molar-refractivity contribution < 1.29 is 14.0 Å². The Kier molecular flexibility index (Phi) is 6.34. The van der Waals surface area contributed by atoms with Gasteiger partial charge in [0.05, 0.1) is 29.2 Å². The van der Waals surface area contributed by atoms with Gasteiger partial charge in [-0.15, -0.1) is 11.3 Å². The topological polar surface area (TPSA) is 88.3 Å². The zero-order valence-corrected chi connectivity index (χ0v) is 18.8. The average Bonchev–Trinajstić information content (AvgIpc) is 3.14. The van der Waals surface area contributed by atoms with E-state index in [0.717, 1.165) is 32.9 Å². The van der Waals surface area contributed by atoms with E-state index in [-0.39, 0.29) is 30.1 Å². The van der Waals surface area contributed by atoms with Crippen LogP contribution in [0, 0.1) is 12.7 Å². The molecule has 4 rings (SSSR count). The monoisotopic (exact) mass is 452 g/mol. The second-order valence-electron chi connectivity index (χ2n) is 8.09. The van der Waals surface area contributed by atoms with Gasteiger partial charge >= 0.3 is 0 Å². The van der Waals surface area contributed by atoms with Crippen molar-refractivity contribution in [3.05, 3.63) is 70.1 Å². The Hall–Kier alpha value is -3.10. The highest BCUT2D eigenvalue weighted by Crippen LogP contribution is 2.39. The molecule has 0 unspecified atom stereocenters. The third-order valence-electron chi connectivity index (χ3n) is 5.54. The summed E-state index contributed by atoms with van der Waals surface area (Å²) in [6.07, 6.45) is 2.48. The maximum atomic E-state index is 13.5. The first-order valence-electron chi connectivity index (χ1n) is 10.4. The molecular weight excluding hydrogens is 427 g/mol. The van der Waals surface area contributed by atoms with Crippen LogP contribution in [0.5, 0.6) is 0 Å². The molecule has 1 atom stereocenters. The summed E-state index contributed by atoms with van der Waals surface area (Å²) in [4.78, 5) is 32.8. The predicted molar refractivity (Wildman–Crippen MR) is 125 cm³/mol. The lowest BCUT2D eigenvalue weighted by Gasteiger charge is -2.27. The lowest BCUT2D eigenvalue weighted by molar-refractivity contribution is -0.117. The Bertz CT molecular complexity index is 1180. The van der Waals surface area contributed by atoms with E-state index in [1.807, 2.05) is 37.1 Å². The Labute approximate surface area is 190 Å². The number of anilines is 1. The molecule has 2 aromatic heterocycles.